The Morgan fingerprint density at radius 2 is 2.00 bits per heavy atom. The van der Waals surface area contributed by atoms with Crippen LogP contribution in [0.15, 0.2) is 18.2 Å². The first-order chi connectivity index (χ1) is 8.06. The lowest BCUT2D eigenvalue weighted by atomic mass is 10.1. The molecule has 1 unspecified atom stereocenters. The molecule has 0 aromatic heterocycles. The van der Waals surface area contributed by atoms with E-state index >= 15 is 0 Å². The van der Waals surface area contributed by atoms with Crippen molar-refractivity contribution in [3.8, 4) is 17.6 Å². The van der Waals surface area contributed by atoms with Crippen molar-refractivity contribution in [2.75, 3.05) is 0 Å². The van der Waals surface area contributed by atoms with Crippen LogP contribution in [-0.4, -0.2) is 22.2 Å². The minimum absolute atomic E-state index is 0.166. The first-order valence-corrected chi connectivity index (χ1v) is 5.27. The van der Waals surface area contributed by atoms with Crippen LogP contribution in [0.4, 0.5) is 0 Å². The summed E-state index contributed by atoms with van der Waals surface area (Å²) in [7, 11) is 0. The number of aromatic hydroxyl groups is 2. The molecule has 0 bridgehead atoms. The van der Waals surface area contributed by atoms with Crippen molar-refractivity contribution < 1.29 is 15.0 Å². The van der Waals surface area contributed by atoms with E-state index in [1.54, 1.807) is 0 Å². The van der Waals surface area contributed by atoms with Gasteiger partial charge in [0.2, 0.25) is 0 Å². The molecule has 0 fully saturated rings. The normalized spacial score (nSPS) is 11.5. The van der Waals surface area contributed by atoms with Gasteiger partial charge in [-0.3, -0.25) is 4.79 Å². The predicted molar refractivity (Wildman–Crippen MR) is 61.5 cm³/mol. The number of nitrogens with zero attached hydrogens (tertiary/aromatic N) is 1. The van der Waals surface area contributed by atoms with Gasteiger partial charge < -0.3 is 15.5 Å². The summed E-state index contributed by atoms with van der Waals surface area (Å²) in [6, 6.07) is 5.42. The van der Waals surface area contributed by atoms with Gasteiger partial charge in [0.15, 0.2) is 0 Å². The molecular weight excluding hydrogens is 220 g/mol. The van der Waals surface area contributed by atoms with E-state index in [2.05, 4.69) is 5.32 Å². The van der Waals surface area contributed by atoms with E-state index in [0.717, 1.165) is 6.07 Å². The fourth-order valence-electron chi connectivity index (χ4n) is 1.40. The molecule has 5 nitrogen and oxygen atoms in total. The Bertz CT molecular complexity index is 431. The van der Waals surface area contributed by atoms with Gasteiger partial charge in [-0.1, -0.05) is 6.92 Å². The summed E-state index contributed by atoms with van der Waals surface area (Å²) in [5, 5.41) is 29.7. The summed E-state index contributed by atoms with van der Waals surface area (Å²) in [5.41, 5.74) is 0.166. The van der Waals surface area contributed by atoms with Crippen molar-refractivity contribution >= 4 is 5.91 Å². The van der Waals surface area contributed by atoms with E-state index in [1.165, 1.54) is 12.1 Å². The molecule has 90 valence electrons. The molecule has 0 aliphatic rings. The summed E-state index contributed by atoms with van der Waals surface area (Å²) >= 11 is 0. The maximum absolute atomic E-state index is 11.8. The van der Waals surface area contributed by atoms with E-state index < -0.39 is 5.91 Å². The molecule has 0 radical (unpaired) electrons. The number of hydrogen-bond donors (Lipinski definition) is 3. The second-order valence-corrected chi connectivity index (χ2v) is 3.68. The maximum atomic E-state index is 11.8. The number of nitrogens with one attached hydrogen (secondary N) is 1. The lowest BCUT2D eigenvalue weighted by Crippen LogP contribution is -2.34. The number of carbonyl (C=O) groups is 1. The molecule has 1 rings (SSSR count). The molecule has 1 atom stereocenters. The SMILES string of the molecule is CCC(CC#N)NC(=O)c1cc(O)cc(O)c1. The molecule has 0 spiro atoms. The van der Waals surface area contributed by atoms with E-state index in [9.17, 15) is 15.0 Å². The number of carbonyl (C=O) groups excluding carboxylic acids is 1. The van der Waals surface area contributed by atoms with Crippen molar-refractivity contribution in [1.82, 2.24) is 5.32 Å². The molecule has 0 aliphatic carbocycles. The zero-order valence-electron chi connectivity index (χ0n) is 9.47. The summed E-state index contributed by atoms with van der Waals surface area (Å²) in [5.74, 6) is -0.773. The summed E-state index contributed by atoms with van der Waals surface area (Å²) in [6.45, 7) is 1.86. The third kappa shape index (κ3) is 3.68. The van der Waals surface area contributed by atoms with Gasteiger partial charge in [-0.05, 0) is 18.6 Å². The van der Waals surface area contributed by atoms with Gasteiger partial charge in [0.1, 0.15) is 11.5 Å². The highest BCUT2D eigenvalue weighted by Crippen LogP contribution is 2.20. The van der Waals surface area contributed by atoms with Gasteiger partial charge in [-0.15, -0.1) is 0 Å². The van der Waals surface area contributed by atoms with Crippen LogP contribution in [0, 0.1) is 11.3 Å². The molecule has 0 saturated carbocycles. The Morgan fingerprint density at radius 1 is 1.41 bits per heavy atom. The fourth-order valence-corrected chi connectivity index (χ4v) is 1.40. The second kappa shape index (κ2) is 5.75. The van der Waals surface area contributed by atoms with Crippen molar-refractivity contribution in [2.45, 2.75) is 25.8 Å². The van der Waals surface area contributed by atoms with Crippen LogP contribution in [0.3, 0.4) is 0 Å². The van der Waals surface area contributed by atoms with Crippen LogP contribution in [0.1, 0.15) is 30.1 Å². The van der Waals surface area contributed by atoms with Gasteiger partial charge in [0.05, 0.1) is 12.5 Å². The maximum Gasteiger partial charge on any atom is 0.251 e. The number of hydrogen-bond acceptors (Lipinski definition) is 4. The fraction of sp³-hybridized carbons (Fsp3) is 0.333. The predicted octanol–water partition coefficient (Wildman–Crippen LogP) is 1.52. The van der Waals surface area contributed by atoms with Crippen molar-refractivity contribution in [3.05, 3.63) is 23.8 Å². The lowest BCUT2D eigenvalue weighted by Gasteiger charge is -2.13. The smallest absolute Gasteiger partial charge is 0.251 e. The first-order valence-electron chi connectivity index (χ1n) is 5.27. The number of benzene rings is 1. The molecule has 5 heteroatoms. The minimum atomic E-state index is -0.418. The van der Waals surface area contributed by atoms with Gasteiger partial charge in [0, 0.05) is 17.7 Å². The molecule has 0 aliphatic heterocycles. The highest BCUT2D eigenvalue weighted by Gasteiger charge is 2.13. The highest BCUT2D eigenvalue weighted by molar-refractivity contribution is 5.95. The molecule has 1 aromatic rings. The third-order valence-electron chi connectivity index (χ3n) is 2.33. The molecular formula is C12H14N2O3. The zero-order chi connectivity index (χ0) is 12.8. The Morgan fingerprint density at radius 3 is 2.47 bits per heavy atom. The summed E-state index contributed by atoms with van der Waals surface area (Å²) in [4.78, 5) is 11.8. The van der Waals surface area contributed by atoms with E-state index in [-0.39, 0.29) is 29.5 Å². The average Bonchev–Trinajstić information content (AvgIpc) is 2.27. The Kier molecular flexibility index (Phi) is 4.35. The van der Waals surface area contributed by atoms with Gasteiger partial charge in [-0.2, -0.15) is 5.26 Å². The number of phenols is 2. The van der Waals surface area contributed by atoms with Gasteiger partial charge in [0.25, 0.3) is 5.91 Å². The zero-order valence-corrected chi connectivity index (χ0v) is 9.47. The summed E-state index contributed by atoms with van der Waals surface area (Å²) in [6.07, 6.45) is 0.872. The van der Waals surface area contributed by atoms with Crippen LogP contribution in [0.5, 0.6) is 11.5 Å². The first kappa shape index (κ1) is 12.8. The Balaban J connectivity index is 2.79. The topological polar surface area (TPSA) is 93.4 Å². The van der Waals surface area contributed by atoms with Crippen LogP contribution in [-0.2, 0) is 0 Å². The standard InChI is InChI=1S/C12H14N2O3/c1-2-9(3-4-13)14-12(17)8-5-10(15)7-11(16)6-8/h5-7,9,15-16H,2-3H2,1H3,(H,14,17). The Labute approximate surface area is 99.3 Å². The van der Waals surface area contributed by atoms with Gasteiger partial charge >= 0.3 is 0 Å². The quantitative estimate of drug-likeness (QED) is 0.736. The lowest BCUT2D eigenvalue weighted by molar-refractivity contribution is 0.0936. The molecule has 1 aromatic carbocycles. The van der Waals surface area contributed by atoms with Crippen LogP contribution in [0.2, 0.25) is 0 Å². The van der Waals surface area contributed by atoms with Crippen molar-refractivity contribution in [1.29, 1.82) is 5.26 Å². The van der Waals surface area contributed by atoms with Crippen LogP contribution >= 0.6 is 0 Å². The number of amides is 1. The van der Waals surface area contributed by atoms with E-state index in [4.69, 9.17) is 5.26 Å². The van der Waals surface area contributed by atoms with Crippen molar-refractivity contribution in [3.63, 3.8) is 0 Å². The summed E-state index contributed by atoms with van der Waals surface area (Å²) < 4.78 is 0. The molecule has 3 N–H and O–H groups in total. The van der Waals surface area contributed by atoms with Crippen LogP contribution in [0.25, 0.3) is 0 Å². The van der Waals surface area contributed by atoms with E-state index in [1.807, 2.05) is 13.0 Å². The molecule has 1 amide bonds. The largest absolute Gasteiger partial charge is 0.508 e. The number of phenolic OH excluding ortho intramolecular Hbond substituents is 2. The molecule has 17 heavy (non-hydrogen) atoms. The number of nitriles is 1. The minimum Gasteiger partial charge on any atom is -0.508 e. The van der Waals surface area contributed by atoms with Crippen LogP contribution < -0.4 is 5.32 Å². The van der Waals surface area contributed by atoms with E-state index in [0.29, 0.717) is 6.42 Å². The second-order valence-electron chi connectivity index (χ2n) is 3.68. The monoisotopic (exact) mass is 234 g/mol. The molecule has 0 saturated heterocycles. The average molecular weight is 234 g/mol. The number of rotatable bonds is 4. The van der Waals surface area contributed by atoms with Crippen molar-refractivity contribution in [2.24, 2.45) is 0 Å². The highest BCUT2D eigenvalue weighted by atomic mass is 16.3. The Hall–Kier alpha value is -2.22. The third-order valence-corrected chi connectivity index (χ3v) is 2.33. The molecule has 0 heterocycles. The van der Waals surface area contributed by atoms with Gasteiger partial charge in [-0.25, -0.2) is 0 Å².